The summed E-state index contributed by atoms with van der Waals surface area (Å²) < 4.78 is 8.71. The molecule has 1 fully saturated rings. The predicted molar refractivity (Wildman–Crippen MR) is 101 cm³/mol. The highest BCUT2D eigenvalue weighted by Gasteiger charge is 2.25. The molecule has 3 heterocycles. The monoisotopic (exact) mass is 381 g/mol. The number of ether oxygens (including phenoxy) is 1. The summed E-state index contributed by atoms with van der Waals surface area (Å²) in [4.78, 5) is 25.6. The maximum atomic E-state index is 13.1. The largest absolute Gasteiger partial charge is 0.378 e. The summed E-state index contributed by atoms with van der Waals surface area (Å²) in [5.74, 6) is -0.178. The number of rotatable bonds is 4. The number of amides is 1. The van der Waals surface area contributed by atoms with E-state index >= 15 is 0 Å². The van der Waals surface area contributed by atoms with Gasteiger partial charge in [-0.05, 0) is 24.3 Å². The summed E-state index contributed by atoms with van der Waals surface area (Å²) >= 11 is 0. The second kappa shape index (κ2) is 7.28. The highest BCUT2D eigenvalue weighted by atomic mass is 16.6. The summed E-state index contributed by atoms with van der Waals surface area (Å²) in [6, 6.07) is 11.6. The normalized spacial score (nSPS) is 14.2. The molecule has 0 bridgehead atoms. The minimum atomic E-state index is -0.464. The molecule has 0 aliphatic carbocycles. The van der Waals surface area contributed by atoms with Crippen molar-refractivity contribution in [2.75, 3.05) is 26.3 Å². The lowest BCUT2D eigenvalue weighted by molar-refractivity contribution is -0.384. The van der Waals surface area contributed by atoms with Gasteiger partial charge in [-0.2, -0.15) is 5.10 Å². The van der Waals surface area contributed by atoms with Crippen molar-refractivity contribution in [2.45, 2.75) is 0 Å². The Labute approximate surface area is 160 Å². The van der Waals surface area contributed by atoms with Gasteiger partial charge in [0.15, 0.2) is 0 Å². The molecular weight excluding hydrogens is 362 g/mol. The number of benzene rings is 1. The molecule has 1 aromatic carbocycles. The molecular formula is C19H19N5O4. The van der Waals surface area contributed by atoms with E-state index in [9.17, 15) is 14.9 Å². The molecule has 1 aliphatic rings. The van der Waals surface area contributed by atoms with E-state index in [4.69, 9.17) is 4.74 Å². The molecule has 4 rings (SSSR count). The van der Waals surface area contributed by atoms with Crippen LogP contribution in [0.3, 0.4) is 0 Å². The van der Waals surface area contributed by atoms with E-state index in [1.807, 2.05) is 29.9 Å². The summed E-state index contributed by atoms with van der Waals surface area (Å²) in [6.07, 6.45) is 1.89. The van der Waals surface area contributed by atoms with E-state index in [1.165, 1.54) is 16.8 Å². The van der Waals surface area contributed by atoms with Gasteiger partial charge in [0.05, 0.1) is 29.5 Å². The molecule has 0 N–H and O–H groups in total. The third kappa shape index (κ3) is 3.27. The summed E-state index contributed by atoms with van der Waals surface area (Å²) in [6.45, 7) is 1.97. The first-order valence-electron chi connectivity index (χ1n) is 8.88. The molecule has 0 spiro atoms. The maximum Gasteiger partial charge on any atom is 0.272 e. The van der Waals surface area contributed by atoms with Gasteiger partial charge in [0, 0.05) is 38.5 Å². The van der Waals surface area contributed by atoms with Crippen LogP contribution in [0.25, 0.3) is 17.1 Å². The molecule has 3 aromatic rings. The molecule has 9 nitrogen and oxygen atoms in total. The zero-order chi connectivity index (χ0) is 19.7. The number of carbonyl (C=O) groups excluding carboxylic acids is 1. The van der Waals surface area contributed by atoms with Crippen LogP contribution in [0.15, 0.2) is 48.7 Å². The van der Waals surface area contributed by atoms with Crippen molar-refractivity contribution in [1.82, 2.24) is 19.2 Å². The van der Waals surface area contributed by atoms with Gasteiger partial charge in [-0.3, -0.25) is 14.9 Å². The zero-order valence-corrected chi connectivity index (χ0v) is 15.3. The quantitative estimate of drug-likeness (QED) is 0.510. The Morgan fingerprint density at radius 1 is 1.18 bits per heavy atom. The highest BCUT2D eigenvalue weighted by Crippen LogP contribution is 2.25. The predicted octanol–water partition coefficient (Wildman–Crippen LogP) is 2.26. The first-order valence-corrected chi connectivity index (χ1v) is 8.88. The number of non-ortho nitro benzene ring substituents is 1. The Hall–Kier alpha value is -3.46. The minimum absolute atomic E-state index is 0.0572. The lowest BCUT2D eigenvalue weighted by atomic mass is 10.2. The van der Waals surface area contributed by atoms with Gasteiger partial charge in [-0.25, -0.2) is 4.68 Å². The molecule has 0 radical (unpaired) electrons. The van der Waals surface area contributed by atoms with Crippen LogP contribution in [0.4, 0.5) is 5.69 Å². The van der Waals surface area contributed by atoms with Gasteiger partial charge in [0.25, 0.3) is 11.6 Å². The molecule has 1 saturated heterocycles. The number of hydrogen-bond acceptors (Lipinski definition) is 5. The number of aromatic nitrogens is 3. The number of morpholine rings is 1. The first kappa shape index (κ1) is 17.9. The fourth-order valence-electron chi connectivity index (χ4n) is 3.25. The van der Waals surface area contributed by atoms with Crippen molar-refractivity contribution in [2.24, 2.45) is 7.05 Å². The summed E-state index contributed by atoms with van der Waals surface area (Å²) in [7, 11) is 1.89. The van der Waals surface area contributed by atoms with Crippen LogP contribution in [0, 0.1) is 10.1 Å². The van der Waals surface area contributed by atoms with E-state index in [0.717, 1.165) is 5.69 Å². The van der Waals surface area contributed by atoms with Crippen molar-refractivity contribution in [3.05, 3.63) is 64.5 Å². The number of aryl methyl sites for hydroxylation is 1. The van der Waals surface area contributed by atoms with Gasteiger partial charge in [-0.15, -0.1) is 0 Å². The van der Waals surface area contributed by atoms with Crippen LogP contribution in [-0.4, -0.2) is 56.4 Å². The fraction of sp³-hybridized carbons (Fsp3) is 0.263. The molecule has 28 heavy (non-hydrogen) atoms. The van der Waals surface area contributed by atoms with Gasteiger partial charge >= 0.3 is 0 Å². The summed E-state index contributed by atoms with van der Waals surface area (Å²) in [5.41, 5.74) is 2.24. The average Bonchev–Trinajstić information content (AvgIpc) is 3.34. The molecule has 2 aromatic heterocycles. The lowest BCUT2D eigenvalue weighted by Crippen LogP contribution is -2.41. The second-order valence-corrected chi connectivity index (χ2v) is 6.51. The van der Waals surface area contributed by atoms with Crippen molar-refractivity contribution < 1.29 is 14.5 Å². The summed E-state index contributed by atoms with van der Waals surface area (Å²) in [5, 5.41) is 15.8. The Bertz CT molecular complexity index is 1030. The van der Waals surface area contributed by atoms with Crippen LogP contribution in [0.2, 0.25) is 0 Å². The third-order valence-corrected chi connectivity index (χ3v) is 4.72. The second-order valence-electron chi connectivity index (χ2n) is 6.51. The molecule has 0 atom stereocenters. The van der Waals surface area contributed by atoms with Crippen molar-refractivity contribution >= 4 is 11.6 Å². The van der Waals surface area contributed by atoms with Gasteiger partial charge < -0.3 is 14.2 Å². The first-order chi connectivity index (χ1) is 13.5. The van der Waals surface area contributed by atoms with Crippen molar-refractivity contribution in [3.8, 4) is 17.1 Å². The highest BCUT2D eigenvalue weighted by molar-refractivity contribution is 5.94. The molecule has 0 saturated carbocycles. The minimum Gasteiger partial charge on any atom is -0.378 e. The van der Waals surface area contributed by atoms with Crippen LogP contribution >= 0.6 is 0 Å². The molecule has 9 heteroatoms. The van der Waals surface area contributed by atoms with Crippen molar-refractivity contribution in [3.63, 3.8) is 0 Å². The van der Waals surface area contributed by atoms with E-state index in [0.29, 0.717) is 43.4 Å². The fourth-order valence-corrected chi connectivity index (χ4v) is 3.25. The van der Waals surface area contributed by atoms with Gasteiger partial charge in [0.1, 0.15) is 11.4 Å². The molecule has 1 aliphatic heterocycles. The maximum absolute atomic E-state index is 13.1. The van der Waals surface area contributed by atoms with E-state index < -0.39 is 4.92 Å². The number of nitro benzene ring substituents is 1. The van der Waals surface area contributed by atoms with Crippen molar-refractivity contribution in [1.29, 1.82) is 0 Å². The zero-order valence-electron chi connectivity index (χ0n) is 15.3. The Kier molecular flexibility index (Phi) is 4.66. The number of nitrogens with zero attached hydrogens (tertiary/aromatic N) is 5. The van der Waals surface area contributed by atoms with Crippen LogP contribution in [0.1, 0.15) is 10.5 Å². The smallest absolute Gasteiger partial charge is 0.272 e. The van der Waals surface area contributed by atoms with E-state index in [-0.39, 0.29) is 11.6 Å². The van der Waals surface area contributed by atoms with Crippen LogP contribution in [-0.2, 0) is 11.8 Å². The van der Waals surface area contributed by atoms with Gasteiger partial charge in [0.2, 0.25) is 0 Å². The standard InChI is InChI=1S/C19H19N5O4/c1-21-7-3-6-17(21)16-13-18(19(25)22-8-10-28-11-9-22)23(20-16)14-4-2-5-15(12-14)24(26)27/h2-7,12-13H,8-11H2,1H3. The van der Waals surface area contributed by atoms with Crippen LogP contribution < -0.4 is 0 Å². The molecule has 144 valence electrons. The third-order valence-electron chi connectivity index (χ3n) is 4.72. The topological polar surface area (TPSA) is 95.4 Å². The Morgan fingerprint density at radius 3 is 2.64 bits per heavy atom. The molecule has 1 amide bonds. The molecule has 0 unspecified atom stereocenters. The van der Waals surface area contributed by atoms with Gasteiger partial charge in [-0.1, -0.05) is 6.07 Å². The number of carbonyl (C=O) groups is 1. The Morgan fingerprint density at radius 2 is 1.96 bits per heavy atom. The SMILES string of the molecule is Cn1cccc1-c1cc(C(=O)N2CCOCC2)n(-c2cccc([N+](=O)[O-])c2)n1. The lowest BCUT2D eigenvalue weighted by Gasteiger charge is -2.26. The average molecular weight is 381 g/mol. The number of hydrogen-bond donors (Lipinski definition) is 0. The van der Waals surface area contributed by atoms with Crippen LogP contribution in [0.5, 0.6) is 0 Å². The van der Waals surface area contributed by atoms with E-state index in [1.54, 1.807) is 23.1 Å². The number of nitro groups is 1. The Balaban J connectivity index is 1.82. The van der Waals surface area contributed by atoms with E-state index in [2.05, 4.69) is 5.10 Å².